The average molecular weight is 238 g/mol. The number of nitrogens with zero attached hydrogens (tertiary/aromatic N) is 1. The van der Waals surface area contributed by atoms with Crippen molar-refractivity contribution in [2.45, 2.75) is 19.1 Å². The predicted molar refractivity (Wildman–Crippen MR) is 60.8 cm³/mol. The Morgan fingerprint density at radius 2 is 2.35 bits per heavy atom. The summed E-state index contributed by atoms with van der Waals surface area (Å²) < 4.78 is 13.7. The lowest BCUT2D eigenvalue weighted by molar-refractivity contribution is 0.1000. The summed E-state index contributed by atoms with van der Waals surface area (Å²) in [5, 5.41) is 9.37. The summed E-state index contributed by atoms with van der Waals surface area (Å²) in [7, 11) is 0. The molecule has 1 aliphatic rings. The molecule has 1 aromatic rings. The minimum absolute atomic E-state index is 0.174. The highest BCUT2D eigenvalue weighted by atomic mass is 19.1. The van der Waals surface area contributed by atoms with Crippen molar-refractivity contribution in [2.24, 2.45) is 5.73 Å². The monoisotopic (exact) mass is 238 g/mol. The minimum Gasteiger partial charge on any atom is -0.392 e. The zero-order valence-corrected chi connectivity index (χ0v) is 9.40. The number of rotatable bonds is 3. The van der Waals surface area contributed by atoms with Crippen LogP contribution in [0.3, 0.4) is 0 Å². The Morgan fingerprint density at radius 1 is 1.59 bits per heavy atom. The fourth-order valence-corrected chi connectivity index (χ4v) is 2.03. The van der Waals surface area contributed by atoms with Crippen LogP contribution in [0, 0.1) is 5.82 Å². The van der Waals surface area contributed by atoms with Crippen molar-refractivity contribution < 1.29 is 14.3 Å². The molecule has 1 fully saturated rings. The molecule has 0 aromatic heterocycles. The van der Waals surface area contributed by atoms with Crippen LogP contribution in [0.15, 0.2) is 18.2 Å². The van der Waals surface area contributed by atoms with Crippen LogP contribution in [0.2, 0.25) is 0 Å². The van der Waals surface area contributed by atoms with E-state index in [0.717, 1.165) is 19.0 Å². The molecule has 5 heteroatoms. The third-order valence-corrected chi connectivity index (χ3v) is 2.98. The average Bonchev–Trinajstić information content (AvgIpc) is 2.67. The van der Waals surface area contributed by atoms with Crippen LogP contribution in [0.5, 0.6) is 0 Å². The van der Waals surface area contributed by atoms with Crippen LogP contribution in [0.25, 0.3) is 0 Å². The van der Waals surface area contributed by atoms with E-state index in [1.54, 1.807) is 6.07 Å². The summed E-state index contributed by atoms with van der Waals surface area (Å²) in [5.41, 5.74) is 5.76. The molecule has 1 amide bonds. The maximum absolute atomic E-state index is 13.7. The number of β-amino-alcohol motifs (C(OH)–C–C–N with tert-alkyl or cyclic N) is 1. The number of hydrogen-bond donors (Lipinski definition) is 2. The van der Waals surface area contributed by atoms with Crippen LogP contribution in [0.1, 0.15) is 22.3 Å². The molecule has 1 aromatic carbocycles. The van der Waals surface area contributed by atoms with Gasteiger partial charge in [-0.25, -0.2) is 4.39 Å². The molecule has 2 rings (SSSR count). The lowest BCUT2D eigenvalue weighted by Crippen LogP contribution is -2.22. The largest absolute Gasteiger partial charge is 0.392 e. The second-order valence-corrected chi connectivity index (χ2v) is 4.35. The van der Waals surface area contributed by atoms with Gasteiger partial charge in [-0.1, -0.05) is 6.07 Å². The number of aliphatic hydroxyl groups excluding tert-OH is 1. The number of nitrogens with two attached hydrogens (primary N) is 1. The maximum Gasteiger partial charge on any atom is 0.248 e. The van der Waals surface area contributed by atoms with Gasteiger partial charge in [-0.2, -0.15) is 0 Å². The summed E-state index contributed by atoms with van der Waals surface area (Å²) in [5.74, 6) is -1.06. The van der Waals surface area contributed by atoms with Gasteiger partial charge in [0.1, 0.15) is 5.82 Å². The maximum atomic E-state index is 13.7. The van der Waals surface area contributed by atoms with Gasteiger partial charge in [-0.15, -0.1) is 0 Å². The van der Waals surface area contributed by atoms with Gasteiger partial charge in [-0.05, 0) is 18.6 Å². The summed E-state index contributed by atoms with van der Waals surface area (Å²) >= 11 is 0. The first-order valence-corrected chi connectivity index (χ1v) is 5.55. The Balaban J connectivity index is 2.09. The molecule has 0 radical (unpaired) electrons. The molecule has 0 aliphatic carbocycles. The quantitative estimate of drug-likeness (QED) is 0.805. The van der Waals surface area contributed by atoms with Crippen LogP contribution in [-0.2, 0) is 6.54 Å². The molecule has 4 nitrogen and oxygen atoms in total. The van der Waals surface area contributed by atoms with Gasteiger partial charge < -0.3 is 10.8 Å². The highest BCUT2D eigenvalue weighted by Crippen LogP contribution is 2.16. The summed E-state index contributed by atoms with van der Waals surface area (Å²) in [6, 6.07) is 4.25. The molecule has 1 unspecified atom stereocenters. The minimum atomic E-state index is -0.632. The molecule has 17 heavy (non-hydrogen) atoms. The van der Waals surface area contributed by atoms with Gasteiger partial charge in [0.05, 0.1) is 6.10 Å². The van der Waals surface area contributed by atoms with Gasteiger partial charge in [0.25, 0.3) is 0 Å². The van der Waals surface area contributed by atoms with Crippen LogP contribution >= 0.6 is 0 Å². The number of primary amides is 1. The van der Waals surface area contributed by atoms with Gasteiger partial charge in [0.15, 0.2) is 0 Å². The SMILES string of the molecule is NC(=O)c1ccc(CN2CCC(O)C2)c(F)c1. The molecule has 0 bridgehead atoms. The van der Waals surface area contributed by atoms with E-state index in [2.05, 4.69) is 0 Å². The second kappa shape index (κ2) is 4.81. The van der Waals surface area contributed by atoms with Crippen LogP contribution < -0.4 is 5.73 Å². The zero-order chi connectivity index (χ0) is 12.4. The highest BCUT2D eigenvalue weighted by molar-refractivity contribution is 5.92. The van der Waals surface area contributed by atoms with Gasteiger partial charge >= 0.3 is 0 Å². The Kier molecular flexibility index (Phi) is 3.40. The normalized spacial score (nSPS) is 20.7. The Morgan fingerprint density at radius 3 is 2.88 bits per heavy atom. The van der Waals surface area contributed by atoms with E-state index >= 15 is 0 Å². The van der Waals surface area contributed by atoms with Crippen molar-refractivity contribution in [3.8, 4) is 0 Å². The lowest BCUT2D eigenvalue weighted by Gasteiger charge is -2.15. The van der Waals surface area contributed by atoms with Crippen molar-refractivity contribution in [1.29, 1.82) is 0 Å². The first-order chi connectivity index (χ1) is 8.06. The molecular weight excluding hydrogens is 223 g/mol. The van der Waals surface area contributed by atoms with Crippen LogP contribution in [0.4, 0.5) is 4.39 Å². The van der Waals surface area contributed by atoms with Crippen LogP contribution in [-0.4, -0.2) is 35.1 Å². The first-order valence-electron chi connectivity index (χ1n) is 5.55. The molecule has 1 saturated heterocycles. The Bertz CT molecular complexity index is 437. The summed E-state index contributed by atoms with van der Waals surface area (Å²) in [6.07, 6.45) is 0.406. The Labute approximate surface area is 98.8 Å². The van der Waals surface area contributed by atoms with Crippen molar-refractivity contribution in [3.63, 3.8) is 0 Å². The van der Waals surface area contributed by atoms with E-state index in [4.69, 9.17) is 5.73 Å². The summed E-state index contributed by atoms with van der Waals surface area (Å²) in [4.78, 5) is 12.8. The predicted octanol–water partition coefficient (Wildman–Crippen LogP) is 0.491. The Hall–Kier alpha value is -1.46. The molecule has 0 saturated carbocycles. The molecule has 3 N–H and O–H groups in total. The third kappa shape index (κ3) is 2.81. The first kappa shape index (κ1) is 12.0. The van der Waals surface area contributed by atoms with E-state index in [1.165, 1.54) is 6.07 Å². The third-order valence-electron chi connectivity index (χ3n) is 2.98. The number of carbonyl (C=O) groups excluding carboxylic acids is 1. The number of hydrogen-bond acceptors (Lipinski definition) is 3. The van der Waals surface area contributed by atoms with Crippen molar-refractivity contribution >= 4 is 5.91 Å². The number of halogens is 1. The van der Waals surface area contributed by atoms with Crippen molar-refractivity contribution in [3.05, 3.63) is 35.1 Å². The zero-order valence-electron chi connectivity index (χ0n) is 9.40. The lowest BCUT2D eigenvalue weighted by atomic mass is 10.1. The standard InChI is InChI=1S/C12H15FN2O2/c13-11-5-8(12(14)17)1-2-9(11)6-15-4-3-10(16)7-15/h1-2,5,10,16H,3-4,6-7H2,(H2,14,17). The summed E-state index contributed by atoms with van der Waals surface area (Å²) in [6.45, 7) is 1.77. The fraction of sp³-hybridized carbons (Fsp3) is 0.417. The number of amides is 1. The number of benzene rings is 1. The van der Waals surface area contributed by atoms with E-state index in [9.17, 15) is 14.3 Å². The van der Waals surface area contributed by atoms with E-state index in [-0.39, 0.29) is 11.7 Å². The van der Waals surface area contributed by atoms with Crippen molar-refractivity contribution in [2.75, 3.05) is 13.1 Å². The van der Waals surface area contributed by atoms with E-state index in [1.807, 2.05) is 4.90 Å². The highest BCUT2D eigenvalue weighted by Gasteiger charge is 2.21. The topological polar surface area (TPSA) is 66.6 Å². The van der Waals surface area contributed by atoms with Crippen molar-refractivity contribution in [1.82, 2.24) is 4.90 Å². The number of carbonyl (C=O) groups is 1. The molecular formula is C12H15FN2O2. The second-order valence-electron chi connectivity index (χ2n) is 4.35. The molecule has 92 valence electrons. The number of likely N-dealkylation sites (tertiary alicyclic amines) is 1. The molecule has 1 atom stereocenters. The smallest absolute Gasteiger partial charge is 0.248 e. The van der Waals surface area contributed by atoms with E-state index in [0.29, 0.717) is 18.7 Å². The number of aliphatic hydroxyl groups is 1. The fourth-order valence-electron chi connectivity index (χ4n) is 2.03. The molecule has 1 aliphatic heterocycles. The van der Waals surface area contributed by atoms with Gasteiger partial charge in [0, 0.05) is 30.8 Å². The van der Waals surface area contributed by atoms with Gasteiger partial charge in [-0.3, -0.25) is 9.69 Å². The molecule has 0 spiro atoms. The van der Waals surface area contributed by atoms with E-state index < -0.39 is 11.7 Å². The van der Waals surface area contributed by atoms with Gasteiger partial charge in [0.2, 0.25) is 5.91 Å². The molecule has 1 heterocycles.